The zero-order chi connectivity index (χ0) is 15.0. The summed E-state index contributed by atoms with van der Waals surface area (Å²) in [6.45, 7) is 3.85. The Bertz CT molecular complexity index is 441. The van der Waals surface area contributed by atoms with Gasteiger partial charge in [-0.2, -0.15) is 0 Å². The number of rotatable bonds is 9. The molecule has 0 saturated heterocycles. The van der Waals surface area contributed by atoms with Gasteiger partial charge in [0.05, 0.1) is 18.1 Å². The van der Waals surface area contributed by atoms with Crippen LogP contribution >= 0.6 is 11.8 Å². The molecule has 0 aliphatic carbocycles. The molecule has 0 aliphatic heterocycles. The van der Waals surface area contributed by atoms with Crippen LogP contribution in [0.15, 0.2) is 4.52 Å². The van der Waals surface area contributed by atoms with E-state index in [1.807, 2.05) is 13.8 Å². The van der Waals surface area contributed by atoms with Gasteiger partial charge in [0, 0.05) is 17.9 Å². The van der Waals surface area contributed by atoms with Gasteiger partial charge in [-0.25, -0.2) is 4.79 Å². The maximum Gasteiger partial charge on any atom is 0.329 e. The van der Waals surface area contributed by atoms with Crippen LogP contribution in [0.1, 0.15) is 17.0 Å². The monoisotopic (exact) mass is 302 g/mol. The van der Waals surface area contributed by atoms with Crippen molar-refractivity contribution in [1.29, 1.82) is 0 Å². The highest BCUT2D eigenvalue weighted by Gasteiger charge is 2.09. The minimum atomic E-state index is -1.02. The molecule has 0 aliphatic rings. The average molecular weight is 302 g/mol. The maximum atomic E-state index is 11.5. The van der Waals surface area contributed by atoms with Crippen molar-refractivity contribution in [1.82, 2.24) is 10.5 Å². The van der Waals surface area contributed by atoms with Crippen molar-refractivity contribution in [3.8, 4) is 0 Å². The molecule has 2 N–H and O–H groups in total. The highest BCUT2D eigenvalue weighted by atomic mass is 32.2. The number of carbonyl (C=O) groups excluding carboxylic acids is 1. The molecule has 1 aromatic rings. The third kappa shape index (κ3) is 6.07. The van der Waals surface area contributed by atoms with Crippen LogP contribution < -0.4 is 5.32 Å². The van der Waals surface area contributed by atoms with Crippen molar-refractivity contribution in [3.05, 3.63) is 17.0 Å². The fourth-order valence-corrected chi connectivity index (χ4v) is 2.43. The third-order valence-electron chi connectivity index (χ3n) is 2.45. The summed E-state index contributed by atoms with van der Waals surface area (Å²) in [5.41, 5.74) is 1.87. The van der Waals surface area contributed by atoms with E-state index in [0.29, 0.717) is 18.1 Å². The SMILES string of the molecule is Cc1noc(C)c1CSCC(=O)NCCOCC(=O)O. The summed E-state index contributed by atoms with van der Waals surface area (Å²) in [7, 11) is 0. The Labute approximate surface area is 121 Å². The first-order valence-corrected chi connectivity index (χ1v) is 7.22. The van der Waals surface area contributed by atoms with Gasteiger partial charge in [-0.05, 0) is 13.8 Å². The van der Waals surface area contributed by atoms with E-state index in [-0.39, 0.29) is 19.1 Å². The molecular weight excluding hydrogens is 284 g/mol. The van der Waals surface area contributed by atoms with Crippen LogP contribution in [0.3, 0.4) is 0 Å². The van der Waals surface area contributed by atoms with E-state index in [1.54, 1.807) is 0 Å². The van der Waals surface area contributed by atoms with E-state index in [4.69, 9.17) is 14.4 Å². The van der Waals surface area contributed by atoms with Crippen molar-refractivity contribution in [3.63, 3.8) is 0 Å². The Morgan fingerprint density at radius 1 is 1.45 bits per heavy atom. The number of carbonyl (C=O) groups is 2. The summed E-state index contributed by atoms with van der Waals surface area (Å²) in [6, 6.07) is 0. The van der Waals surface area contributed by atoms with Crippen LogP contribution in [0.2, 0.25) is 0 Å². The molecule has 1 heterocycles. The first-order chi connectivity index (χ1) is 9.50. The summed E-state index contributed by atoms with van der Waals surface area (Å²) in [5.74, 6) is 0.636. The molecule has 1 rings (SSSR count). The van der Waals surface area contributed by atoms with Gasteiger partial charge in [0.1, 0.15) is 12.4 Å². The molecule has 112 valence electrons. The number of nitrogens with zero attached hydrogens (tertiary/aromatic N) is 1. The highest BCUT2D eigenvalue weighted by Crippen LogP contribution is 2.19. The lowest BCUT2D eigenvalue weighted by molar-refractivity contribution is -0.142. The predicted molar refractivity (Wildman–Crippen MR) is 73.6 cm³/mol. The van der Waals surface area contributed by atoms with Crippen LogP contribution in [0.4, 0.5) is 0 Å². The highest BCUT2D eigenvalue weighted by molar-refractivity contribution is 7.99. The zero-order valence-corrected chi connectivity index (χ0v) is 12.3. The first-order valence-electron chi connectivity index (χ1n) is 6.06. The number of carboxylic acids is 1. The van der Waals surface area contributed by atoms with E-state index in [2.05, 4.69) is 10.5 Å². The van der Waals surface area contributed by atoms with Gasteiger partial charge in [0.2, 0.25) is 5.91 Å². The molecule has 0 atom stereocenters. The quantitative estimate of drug-likeness (QED) is 0.649. The number of amides is 1. The lowest BCUT2D eigenvalue weighted by atomic mass is 10.2. The lowest BCUT2D eigenvalue weighted by Crippen LogP contribution is -2.29. The molecule has 20 heavy (non-hydrogen) atoms. The second kappa shape index (κ2) is 8.60. The fourth-order valence-electron chi connectivity index (χ4n) is 1.43. The van der Waals surface area contributed by atoms with Crippen LogP contribution in [0.25, 0.3) is 0 Å². The molecule has 1 aromatic heterocycles. The van der Waals surface area contributed by atoms with E-state index >= 15 is 0 Å². The van der Waals surface area contributed by atoms with Crippen molar-refractivity contribution in [2.75, 3.05) is 25.5 Å². The molecule has 0 spiro atoms. The Morgan fingerprint density at radius 3 is 2.80 bits per heavy atom. The number of thioether (sulfide) groups is 1. The minimum Gasteiger partial charge on any atom is -0.480 e. The standard InChI is InChI=1S/C12H18N2O5S/c1-8-10(9(2)19-14-8)6-20-7-11(15)13-3-4-18-5-12(16)17/h3-7H2,1-2H3,(H,13,15)(H,16,17). The fraction of sp³-hybridized carbons (Fsp3) is 0.583. The number of aryl methyl sites for hydroxylation is 2. The molecule has 0 unspecified atom stereocenters. The Hall–Kier alpha value is -1.54. The largest absolute Gasteiger partial charge is 0.480 e. The molecule has 1 amide bonds. The molecule has 7 nitrogen and oxygen atoms in total. The van der Waals surface area contributed by atoms with E-state index in [1.165, 1.54) is 11.8 Å². The number of aromatic nitrogens is 1. The van der Waals surface area contributed by atoms with Crippen molar-refractivity contribution < 1.29 is 24.0 Å². The number of nitrogens with one attached hydrogen (secondary N) is 1. The van der Waals surface area contributed by atoms with E-state index in [9.17, 15) is 9.59 Å². The van der Waals surface area contributed by atoms with Gasteiger partial charge in [0.15, 0.2) is 0 Å². The van der Waals surface area contributed by atoms with Crippen molar-refractivity contribution >= 4 is 23.6 Å². The summed E-state index contributed by atoms with van der Waals surface area (Å²) >= 11 is 1.47. The number of hydrogen-bond donors (Lipinski definition) is 2. The lowest BCUT2D eigenvalue weighted by Gasteiger charge is -2.05. The summed E-state index contributed by atoms with van der Waals surface area (Å²) in [6.07, 6.45) is 0. The second-order valence-electron chi connectivity index (χ2n) is 4.09. The van der Waals surface area contributed by atoms with Gasteiger partial charge < -0.3 is 19.7 Å². The van der Waals surface area contributed by atoms with Gasteiger partial charge in [0.25, 0.3) is 0 Å². The zero-order valence-electron chi connectivity index (χ0n) is 11.5. The predicted octanol–water partition coefficient (Wildman–Crippen LogP) is 0.742. The third-order valence-corrected chi connectivity index (χ3v) is 3.41. The second-order valence-corrected chi connectivity index (χ2v) is 5.08. The molecular formula is C12H18N2O5S. The minimum absolute atomic E-state index is 0.110. The Morgan fingerprint density at radius 2 is 2.20 bits per heavy atom. The maximum absolute atomic E-state index is 11.5. The topological polar surface area (TPSA) is 102 Å². The molecule has 0 radical (unpaired) electrons. The van der Waals surface area contributed by atoms with E-state index in [0.717, 1.165) is 17.0 Å². The Balaban J connectivity index is 2.10. The normalized spacial score (nSPS) is 10.5. The van der Waals surface area contributed by atoms with Crippen LogP contribution in [-0.4, -0.2) is 47.7 Å². The summed E-state index contributed by atoms with van der Waals surface area (Å²) in [5, 5.41) is 14.8. The number of carboxylic acid groups (broad SMARTS) is 1. The van der Waals surface area contributed by atoms with E-state index < -0.39 is 5.97 Å². The number of ether oxygens (including phenoxy) is 1. The van der Waals surface area contributed by atoms with Crippen molar-refractivity contribution in [2.45, 2.75) is 19.6 Å². The first kappa shape index (κ1) is 16.5. The van der Waals surface area contributed by atoms with Crippen molar-refractivity contribution in [2.24, 2.45) is 0 Å². The number of hydrogen-bond acceptors (Lipinski definition) is 6. The molecule has 0 bridgehead atoms. The molecule has 8 heteroatoms. The van der Waals surface area contributed by atoms with Crippen LogP contribution in [0, 0.1) is 13.8 Å². The van der Waals surface area contributed by atoms with Crippen LogP contribution in [-0.2, 0) is 20.1 Å². The molecule has 0 aromatic carbocycles. The summed E-state index contributed by atoms with van der Waals surface area (Å²) < 4.78 is 9.83. The smallest absolute Gasteiger partial charge is 0.329 e. The van der Waals surface area contributed by atoms with Crippen LogP contribution in [0.5, 0.6) is 0 Å². The average Bonchev–Trinajstić information content (AvgIpc) is 2.69. The van der Waals surface area contributed by atoms with Gasteiger partial charge >= 0.3 is 5.97 Å². The summed E-state index contributed by atoms with van der Waals surface area (Å²) in [4.78, 5) is 21.7. The molecule has 0 fully saturated rings. The van der Waals surface area contributed by atoms with Gasteiger partial charge in [-0.1, -0.05) is 5.16 Å². The van der Waals surface area contributed by atoms with Gasteiger partial charge in [-0.15, -0.1) is 11.8 Å². The van der Waals surface area contributed by atoms with Gasteiger partial charge in [-0.3, -0.25) is 4.79 Å². The Kier molecular flexibility index (Phi) is 7.10. The molecule has 0 saturated carbocycles. The number of aliphatic carboxylic acids is 1.